The highest BCUT2D eigenvalue weighted by atomic mass is 32.2. The van der Waals surface area contributed by atoms with Gasteiger partial charge in [-0.05, 0) is 62.1 Å². The fourth-order valence-electron chi connectivity index (χ4n) is 4.93. The number of hydrogen-bond donors (Lipinski definition) is 1. The Morgan fingerprint density at radius 3 is 2.67 bits per heavy atom. The van der Waals surface area contributed by atoms with Gasteiger partial charge in [-0.25, -0.2) is 22.9 Å². The third kappa shape index (κ3) is 6.16. The van der Waals surface area contributed by atoms with Crippen molar-refractivity contribution in [1.29, 1.82) is 0 Å². The molecule has 39 heavy (non-hydrogen) atoms. The van der Waals surface area contributed by atoms with Gasteiger partial charge < -0.3 is 14.9 Å². The smallest absolute Gasteiger partial charge is 0.191 e. The number of aromatic nitrogens is 3. The van der Waals surface area contributed by atoms with E-state index < -0.39 is 11.0 Å². The topological polar surface area (TPSA) is 77.2 Å². The number of benzene rings is 1. The number of thiazole rings is 1. The van der Waals surface area contributed by atoms with Gasteiger partial charge in [0.15, 0.2) is 5.13 Å². The molecule has 4 heterocycles. The lowest BCUT2D eigenvalue weighted by Crippen LogP contribution is -2.33. The highest BCUT2D eigenvalue weighted by molar-refractivity contribution is 7.82. The van der Waals surface area contributed by atoms with Gasteiger partial charge in [0.1, 0.15) is 17.3 Å². The minimum atomic E-state index is -1.01. The van der Waals surface area contributed by atoms with E-state index in [9.17, 15) is 8.60 Å². The number of fused-ring (bicyclic) bond motifs is 1. The molecule has 0 radical (unpaired) electrons. The van der Waals surface area contributed by atoms with E-state index in [2.05, 4.69) is 43.8 Å². The standard InChI is InChI=1S/C28H35FN6O2S2/c1-3-24-27(32(2)28-31-25(20-38-28)21-7-9-22(29)10-8-21)35-19-23(11-12-26(35)30-24)33-13-6-14-34(16-15-33)39(37)18-5-4-17-36/h7-12,19-20,36H,3-6,13-18H2,1-2H3. The van der Waals surface area contributed by atoms with Crippen molar-refractivity contribution in [2.75, 3.05) is 55.4 Å². The van der Waals surface area contributed by atoms with Crippen molar-refractivity contribution in [2.45, 2.75) is 32.6 Å². The molecule has 1 aromatic carbocycles. The zero-order valence-electron chi connectivity index (χ0n) is 22.4. The summed E-state index contributed by atoms with van der Waals surface area (Å²) in [7, 11) is 1.01. The summed E-state index contributed by atoms with van der Waals surface area (Å²) in [5.41, 5.74) is 4.68. The lowest BCUT2D eigenvalue weighted by Gasteiger charge is -2.24. The van der Waals surface area contributed by atoms with Gasteiger partial charge in [-0.2, -0.15) is 0 Å². The quantitative estimate of drug-likeness (QED) is 0.274. The number of pyridine rings is 1. The van der Waals surface area contributed by atoms with Crippen LogP contribution in [-0.2, 0) is 17.4 Å². The average molecular weight is 571 g/mol. The van der Waals surface area contributed by atoms with Crippen LogP contribution in [0.1, 0.15) is 31.9 Å². The maximum atomic E-state index is 13.4. The summed E-state index contributed by atoms with van der Waals surface area (Å²) in [6.45, 7) is 5.50. The Morgan fingerprint density at radius 2 is 1.90 bits per heavy atom. The van der Waals surface area contributed by atoms with Gasteiger partial charge in [0.2, 0.25) is 0 Å². The Balaban J connectivity index is 1.38. The van der Waals surface area contributed by atoms with Gasteiger partial charge in [0, 0.05) is 62.7 Å². The highest BCUT2D eigenvalue weighted by Crippen LogP contribution is 2.34. The van der Waals surface area contributed by atoms with Crippen LogP contribution in [-0.4, -0.2) is 73.6 Å². The summed E-state index contributed by atoms with van der Waals surface area (Å²) >= 11 is 1.55. The molecule has 1 aliphatic heterocycles. The second kappa shape index (κ2) is 12.5. The van der Waals surface area contributed by atoms with E-state index in [1.165, 1.54) is 12.1 Å². The lowest BCUT2D eigenvalue weighted by atomic mass is 10.2. The number of aliphatic hydroxyl groups is 1. The van der Waals surface area contributed by atoms with E-state index in [4.69, 9.17) is 15.1 Å². The SMILES string of the molecule is CCc1nc2ccc(N3CCCN(S(=O)CCCCO)CC3)cn2c1N(C)c1nc(-c2ccc(F)cc2)cs1. The van der Waals surface area contributed by atoms with E-state index in [0.717, 1.165) is 84.7 Å². The molecule has 0 aliphatic carbocycles. The molecule has 0 bridgehead atoms. The third-order valence-corrected chi connectivity index (χ3v) is 9.55. The Hall–Kier alpha value is -2.86. The van der Waals surface area contributed by atoms with Gasteiger partial charge in [-0.1, -0.05) is 6.92 Å². The van der Waals surface area contributed by atoms with Crippen LogP contribution in [0.5, 0.6) is 0 Å². The molecule has 4 aromatic rings. The number of aryl methyl sites for hydroxylation is 1. The predicted molar refractivity (Wildman–Crippen MR) is 158 cm³/mol. The predicted octanol–water partition coefficient (Wildman–Crippen LogP) is 4.88. The fraction of sp³-hybridized carbons (Fsp3) is 0.429. The first-order chi connectivity index (χ1) is 19.0. The summed E-state index contributed by atoms with van der Waals surface area (Å²) in [5, 5.41) is 11.9. The summed E-state index contributed by atoms with van der Waals surface area (Å²) in [5.74, 6) is 1.33. The van der Waals surface area contributed by atoms with Crippen molar-refractivity contribution in [3.05, 3.63) is 59.5 Å². The molecule has 1 fully saturated rings. The van der Waals surface area contributed by atoms with E-state index >= 15 is 0 Å². The van der Waals surface area contributed by atoms with Crippen LogP contribution in [0.3, 0.4) is 0 Å². The molecule has 0 amide bonds. The van der Waals surface area contributed by atoms with Crippen molar-refractivity contribution in [3.63, 3.8) is 0 Å². The first-order valence-electron chi connectivity index (χ1n) is 13.4. The van der Waals surface area contributed by atoms with E-state index in [0.29, 0.717) is 12.2 Å². The maximum absolute atomic E-state index is 13.4. The first-order valence-corrected chi connectivity index (χ1v) is 15.6. The highest BCUT2D eigenvalue weighted by Gasteiger charge is 2.22. The molecule has 3 aromatic heterocycles. The Labute approximate surface area is 235 Å². The van der Waals surface area contributed by atoms with Crippen molar-refractivity contribution in [2.24, 2.45) is 0 Å². The Morgan fingerprint density at radius 1 is 1.08 bits per heavy atom. The zero-order valence-corrected chi connectivity index (χ0v) is 24.1. The van der Waals surface area contributed by atoms with Crippen LogP contribution in [0.15, 0.2) is 48.0 Å². The molecule has 1 unspecified atom stereocenters. The van der Waals surface area contributed by atoms with E-state index in [-0.39, 0.29) is 12.4 Å². The minimum absolute atomic E-state index is 0.149. The Kier molecular flexibility index (Phi) is 8.91. The Bertz CT molecular complexity index is 1420. The zero-order chi connectivity index (χ0) is 27.4. The molecule has 1 atom stereocenters. The molecule has 208 valence electrons. The molecule has 11 heteroatoms. The molecular formula is C28H35FN6O2S2. The van der Waals surface area contributed by atoms with Gasteiger partial charge in [-0.15, -0.1) is 11.3 Å². The first kappa shape index (κ1) is 27.7. The van der Waals surface area contributed by atoms with E-state index in [1.807, 2.05) is 12.4 Å². The molecule has 0 spiro atoms. The number of rotatable bonds is 10. The molecule has 8 nitrogen and oxygen atoms in total. The molecule has 1 saturated heterocycles. The van der Waals surface area contributed by atoms with Gasteiger partial charge >= 0.3 is 0 Å². The summed E-state index contributed by atoms with van der Waals surface area (Å²) in [4.78, 5) is 14.2. The lowest BCUT2D eigenvalue weighted by molar-refractivity contribution is 0.287. The molecule has 1 N–H and O–H groups in total. The van der Waals surface area contributed by atoms with Gasteiger partial charge in [-0.3, -0.25) is 4.40 Å². The number of halogens is 1. The van der Waals surface area contributed by atoms with Crippen molar-refractivity contribution < 1.29 is 13.7 Å². The molecule has 1 aliphatic rings. The van der Waals surface area contributed by atoms with Crippen LogP contribution in [0.2, 0.25) is 0 Å². The molecular weight excluding hydrogens is 535 g/mol. The third-order valence-electron chi connectivity index (χ3n) is 7.05. The number of unbranched alkanes of at least 4 members (excludes halogenated alkanes) is 1. The van der Waals surface area contributed by atoms with Crippen LogP contribution in [0.4, 0.5) is 21.0 Å². The van der Waals surface area contributed by atoms with Crippen molar-refractivity contribution in [1.82, 2.24) is 18.7 Å². The van der Waals surface area contributed by atoms with Crippen LogP contribution in [0, 0.1) is 5.82 Å². The summed E-state index contributed by atoms with van der Waals surface area (Å²) < 4.78 is 30.3. The second-order valence-electron chi connectivity index (χ2n) is 9.66. The van der Waals surface area contributed by atoms with Crippen LogP contribution >= 0.6 is 11.3 Å². The minimum Gasteiger partial charge on any atom is -0.396 e. The van der Waals surface area contributed by atoms with Crippen LogP contribution < -0.4 is 9.80 Å². The normalized spacial score (nSPS) is 15.5. The number of imidazole rings is 1. The number of anilines is 3. The summed E-state index contributed by atoms with van der Waals surface area (Å²) in [6.07, 6.45) is 5.35. The summed E-state index contributed by atoms with van der Waals surface area (Å²) in [6, 6.07) is 10.6. The number of hydrogen-bond acceptors (Lipinski definition) is 7. The molecule has 5 rings (SSSR count). The van der Waals surface area contributed by atoms with Crippen molar-refractivity contribution >= 4 is 44.6 Å². The van der Waals surface area contributed by atoms with Crippen LogP contribution in [0.25, 0.3) is 16.9 Å². The second-order valence-corrected chi connectivity index (χ2v) is 12.1. The fourth-order valence-corrected chi connectivity index (χ4v) is 7.06. The monoisotopic (exact) mass is 570 g/mol. The van der Waals surface area contributed by atoms with Crippen molar-refractivity contribution in [3.8, 4) is 11.3 Å². The van der Waals surface area contributed by atoms with Gasteiger partial charge in [0.25, 0.3) is 0 Å². The van der Waals surface area contributed by atoms with E-state index in [1.54, 1.807) is 23.5 Å². The number of aliphatic hydroxyl groups excluding tert-OH is 1. The molecule has 0 saturated carbocycles. The van der Waals surface area contributed by atoms with Gasteiger partial charge in [0.05, 0.1) is 28.1 Å². The number of nitrogens with zero attached hydrogens (tertiary/aromatic N) is 6. The largest absolute Gasteiger partial charge is 0.396 e. The average Bonchev–Trinajstić information content (AvgIpc) is 3.50. The maximum Gasteiger partial charge on any atom is 0.191 e.